The third kappa shape index (κ3) is 3.63. The summed E-state index contributed by atoms with van der Waals surface area (Å²) in [5, 5.41) is 2.95. The average Bonchev–Trinajstić information content (AvgIpc) is 3.19. The maximum Gasteiger partial charge on any atom is 0.244 e. The van der Waals surface area contributed by atoms with Crippen LogP contribution in [0.2, 0.25) is 0 Å². The quantitative estimate of drug-likeness (QED) is 0.867. The van der Waals surface area contributed by atoms with Crippen molar-refractivity contribution in [1.29, 1.82) is 0 Å². The summed E-state index contributed by atoms with van der Waals surface area (Å²) in [6.45, 7) is 4.85. The molecular formula is C20H28N2O2. The van der Waals surface area contributed by atoms with Gasteiger partial charge in [-0.25, -0.2) is 0 Å². The van der Waals surface area contributed by atoms with E-state index in [0.717, 1.165) is 30.0 Å². The molecule has 0 aliphatic heterocycles. The first-order valence-electron chi connectivity index (χ1n) is 9.22. The Morgan fingerprint density at radius 2 is 2.00 bits per heavy atom. The number of rotatable bonds is 6. The van der Waals surface area contributed by atoms with Gasteiger partial charge in [0.05, 0.1) is 6.54 Å². The highest BCUT2D eigenvalue weighted by Crippen LogP contribution is 2.48. The Hall–Kier alpha value is -1.84. The summed E-state index contributed by atoms with van der Waals surface area (Å²) >= 11 is 0. The third-order valence-corrected chi connectivity index (χ3v) is 5.61. The lowest BCUT2D eigenvalue weighted by atomic mass is 9.87. The minimum atomic E-state index is -0.103. The van der Waals surface area contributed by atoms with Gasteiger partial charge in [-0.2, -0.15) is 0 Å². The van der Waals surface area contributed by atoms with Crippen LogP contribution >= 0.6 is 0 Å². The van der Waals surface area contributed by atoms with E-state index in [9.17, 15) is 9.59 Å². The summed E-state index contributed by atoms with van der Waals surface area (Å²) in [6, 6.07) is 7.73. The number of aryl methyl sites for hydroxylation is 1. The zero-order chi connectivity index (χ0) is 17.1. The number of hydrogen-bond donors (Lipinski definition) is 1. The highest BCUT2D eigenvalue weighted by molar-refractivity contribution is 5.95. The second-order valence-electron chi connectivity index (χ2n) is 7.40. The van der Waals surface area contributed by atoms with Gasteiger partial charge in [0.15, 0.2) is 0 Å². The molecule has 3 atom stereocenters. The SMILES string of the molecule is CCCN(CC(=O)Nc1ccccc1C)C(=O)C1CC2CCC1C2. The van der Waals surface area contributed by atoms with Crippen molar-refractivity contribution in [2.75, 3.05) is 18.4 Å². The summed E-state index contributed by atoms with van der Waals surface area (Å²) in [5.74, 6) is 1.55. The lowest BCUT2D eigenvalue weighted by Crippen LogP contribution is -2.43. The number of benzene rings is 1. The van der Waals surface area contributed by atoms with Crippen molar-refractivity contribution in [2.45, 2.75) is 46.0 Å². The number of fused-ring (bicyclic) bond motifs is 2. The van der Waals surface area contributed by atoms with Crippen LogP contribution in [0.3, 0.4) is 0 Å². The average molecular weight is 328 g/mol. The maximum atomic E-state index is 12.9. The van der Waals surface area contributed by atoms with Gasteiger partial charge in [0.2, 0.25) is 11.8 Å². The van der Waals surface area contributed by atoms with Crippen molar-refractivity contribution < 1.29 is 9.59 Å². The van der Waals surface area contributed by atoms with E-state index < -0.39 is 0 Å². The maximum absolute atomic E-state index is 12.9. The predicted molar refractivity (Wildman–Crippen MR) is 95.6 cm³/mol. The Labute approximate surface area is 144 Å². The van der Waals surface area contributed by atoms with Crippen LogP contribution in [0.5, 0.6) is 0 Å². The van der Waals surface area contributed by atoms with Crippen molar-refractivity contribution in [3.05, 3.63) is 29.8 Å². The minimum Gasteiger partial charge on any atom is -0.333 e. The van der Waals surface area contributed by atoms with E-state index in [0.29, 0.717) is 12.5 Å². The Morgan fingerprint density at radius 3 is 2.62 bits per heavy atom. The molecule has 2 saturated carbocycles. The van der Waals surface area contributed by atoms with E-state index in [2.05, 4.69) is 12.2 Å². The first-order valence-corrected chi connectivity index (χ1v) is 9.22. The Bertz CT molecular complexity index is 613. The monoisotopic (exact) mass is 328 g/mol. The summed E-state index contributed by atoms with van der Waals surface area (Å²) in [5.41, 5.74) is 1.86. The lowest BCUT2D eigenvalue weighted by Gasteiger charge is -2.29. The molecule has 2 fully saturated rings. The number of para-hydroxylation sites is 1. The first-order chi connectivity index (χ1) is 11.6. The smallest absolute Gasteiger partial charge is 0.244 e. The molecule has 2 aliphatic carbocycles. The molecule has 130 valence electrons. The van der Waals surface area contributed by atoms with Gasteiger partial charge in [-0.1, -0.05) is 31.5 Å². The normalized spacial score (nSPS) is 24.8. The number of amides is 2. The molecule has 0 radical (unpaired) electrons. The van der Waals surface area contributed by atoms with Gasteiger partial charge in [0.1, 0.15) is 0 Å². The fourth-order valence-corrected chi connectivity index (χ4v) is 4.40. The van der Waals surface area contributed by atoms with E-state index in [1.807, 2.05) is 31.2 Å². The molecule has 0 saturated heterocycles. The summed E-state index contributed by atoms with van der Waals surface area (Å²) in [4.78, 5) is 27.1. The Kier molecular flexibility index (Phi) is 5.22. The molecule has 2 bridgehead atoms. The number of carbonyl (C=O) groups is 2. The first kappa shape index (κ1) is 17.0. The van der Waals surface area contributed by atoms with E-state index in [1.54, 1.807) is 4.90 Å². The van der Waals surface area contributed by atoms with Crippen molar-refractivity contribution >= 4 is 17.5 Å². The Balaban J connectivity index is 1.62. The van der Waals surface area contributed by atoms with Crippen LogP contribution in [0.1, 0.15) is 44.6 Å². The minimum absolute atomic E-state index is 0.103. The molecule has 0 spiro atoms. The van der Waals surface area contributed by atoms with Crippen LogP contribution < -0.4 is 5.32 Å². The standard InChI is InChI=1S/C20H28N2O2/c1-3-10-22(20(24)17-12-15-8-9-16(17)11-15)13-19(23)21-18-7-5-4-6-14(18)2/h4-7,15-17H,3,8-13H2,1-2H3,(H,21,23). The largest absolute Gasteiger partial charge is 0.333 e. The van der Waals surface area contributed by atoms with Crippen LogP contribution in [-0.4, -0.2) is 29.8 Å². The molecule has 1 aromatic carbocycles. The van der Waals surface area contributed by atoms with Crippen LogP contribution in [0.15, 0.2) is 24.3 Å². The van der Waals surface area contributed by atoms with E-state index in [1.165, 1.54) is 19.3 Å². The number of nitrogens with zero attached hydrogens (tertiary/aromatic N) is 1. The molecule has 0 heterocycles. The Morgan fingerprint density at radius 1 is 1.21 bits per heavy atom. The molecule has 4 nitrogen and oxygen atoms in total. The summed E-state index contributed by atoms with van der Waals surface area (Å²) < 4.78 is 0. The number of nitrogens with one attached hydrogen (secondary N) is 1. The van der Waals surface area contributed by atoms with Gasteiger partial charge in [-0.3, -0.25) is 9.59 Å². The number of hydrogen-bond acceptors (Lipinski definition) is 2. The lowest BCUT2D eigenvalue weighted by molar-refractivity contribution is -0.139. The van der Waals surface area contributed by atoms with Gasteiger partial charge >= 0.3 is 0 Å². The van der Waals surface area contributed by atoms with E-state index in [4.69, 9.17) is 0 Å². The van der Waals surface area contributed by atoms with Gasteiger partial charge in [-0.15, -0.1) is 0 Å². The zero-order valence-electron chi connectivity index (χ0n) is 14.8. The van der Waals surface area contributed by atoms with Crippen molar-refractivity contribution in [3.63, 3.8) is 0 Å². The molecule has 2 aliphatic rings. The fraction of sp³-hybridized carbons (Fsp3) is 0.600. The fourth-order valence-electron chi connectivity index (χ4n) is 4.40. The second-order valence-corrected chi connectivity index (χ2v) is 7.40. The van der Waals surface area contributed by atoms with Crippen LogP contribution in [0.4, 0.5) is 5.69 Å². The summed E-state index contributed by atoms with van der Waals surface area (Å²) in [7, 11) is 0. The van der Waals surface area contributed by atoms with Crippen LogP contribution in [-0.2, 0) is 9.59 Å². The summed E-state index contributed by atoms with van der Waals surface area (Å²) in [6.07, 6.45) is 5.60. The predicted octanol–water partition coefficient (Wildman–Crippen LogP) is 3.61. The van der Waals surface area contributed by atoms with Crippen LogP contribution in [0, 0.1) is 24.7 Å². The molecule has 1 aromatic rings. The highest BCUT2D eigenvalue weighted by atomic mass is 16.2. The van der Waals surface area contributed by atoms with Gasteiger partial charge in [0.25, 0.3) is 0 Å². The van der Waals surface area contributed by atoms with Crippen molar-refractivity contribution in [1.82, 2.24) is 4.90 Å². The van der Waals surface area contributed by atoms with E-state index >= 15 is 0 Å². The molecule has 2 amide bonds. The molecule has 24 heavy (non-hydrogen) atoms. The van der Waals surface area contributed by atoms with Gasteiger partial charge < -0.3 is 10.2 Å². The molecule has 0 aromatic heterocycles. The highest BCUT2D eigenvalue weighted by Gasteiger charge is 2.44. The second kappa shape index (κ2) is 7.37. The number of anilines is 1. The molecule has 1 N–H and O–H groups in total. The van der Waals surface area contributed by atoms with Crippen molar-refractivity contribution in [3.8, 4) is 0 Å². The van der Waals surface area contributed by atoms with E-state index in [-0.39, 0.29) is 24.3 Å². The van der Waals surface area contributed by atoms with Gasteiger partial charge in [0, 0.05) is 18.2 Å². The molecular weight excluding hydrogens is 300 g/mol. The topological polar surface area (TPSA) is 49.4 Å². The number of carbonyl (C=O) groups excluding carboxylic acids is 2. The van der Waals surface area contributed by atoms with Gasteiger partial charge in [-0.05, 0) is 56.1 Å². The van der Waals surface area contributed by atoms with Crippen molar-refractivity contribution in [2.24, 2.45) is 17.8 Å². The molecule has 3 rings (SSSR count). The molecule has 3 unspecified atom stereocenters. The third-order valence-electron chi connectivity index (χ3n) is 5.61. The zero-order valence-corrected chi connectivity index (χ0v) is 14.8. The van der Waals surface area contributed by atoms with Crippen LogP contribution in [0.25, 0.3) is 0 Å². The molecule has 4 heteroatoms.